The molecule has 3 N–H and O–H groups in total. The number of amides is 3. The summed E-state index contributed by atoms with van der Waals surface area (Å²) in [4.78, 5) is 35.1. The molecule has 2 aromatic carbocycles. The highest BCUT2D eigenvalue weighted by Crippen LogP contribution is 2.34. The number of imide groups is 1. The Kier molecular flexibility index (Phi) is 5.05. The fourth-order valence-electron chi connectivity index (χ4n) is 2.96. The minimum absolute atomic E-state index is 0.126. The first-order chi connectivity index (χ1) is 13.6. The first-order valence-electron chi connectivity index (χ1n) is 8.53. The van der Waals surface area contributed by atoms with E-state index in [2.05, 4.69) is 15.4 Å². The van der Waals surface area contributed by atoms with Crippen LogP contribution < -0.4 is 20.1 Å². The van der Waals surface area contributed by atoms with Gasteiger partial charge in [0.2, 0.25) is 0 Å². The summed E-state index contributed by atoms with van der Waals surface area (Å²) < 4.78 is 33.3. The topological polar surface area (TPSA) is 131 Å². The second-order valence-electron chi connectivity index (χ2n) is 6.63. The first-order valence-corrected chi connectivity index (χ1v) is 10.0. The number of sulfonamides is 1. The number of ether oxygens (including phenoxy) is 1. The van der Waals surface area contributed by atoms with Crippen molar-refractivity contribution in [2.45, 2.75) is 24.3 Å². The maximum atomic E-state index is 12.8. The molecule has 1 fully saturated rings. The van der Waals surface area contributed by atoms with Crippen molar-refractivity contribution in [3.05, 3.63) is 53.6 Å². The molecule has 29 heavy (non-hydrogen) atoms. The number of urea groups is 1. The lowest BCUT2D eigenvalue weighted by Gasteiger charge is -2.24. The van der Waals surface area contributed by atoms with E-state index in [0.29, 0.717) is 5.56 Å². The summed E-state index contributed by atoms with van der Waals surface area (Å²) >= 11 is 0. The highest BCUT2D eigenvalue weighted by Gasteiger charge is 2.45. The smallest absolute Gasteiger partial charge is 0.322 e. The van der Waals surface area contributed by atoms with Crippen molar-refractivity contribution >= 4 is 33.4 Å². The van der Waals surface area contributed by atoms with E-state index in [0.717, 1.165) is 0 Å². The second kappa shape index (κ2) is 7.21. The van der Waals surface area contributed by atoms with Crippen LogP contribution in [0.5, 0.6) is 5.75 Å². The van der Waals surface area contributed by atoms with E-state index in [9.17, 15) is 22.8 Å². The van der Waals surface area contributed by atoms with Gasteiger partial charge < -0.3 is 10.1 Å². The normalized spacial score (nSPS) is 18.7. The van der Waals surface area contributed by atoms with Crippen LogP contribution in [0.15, 0.2) is 47.4 Å². The molecular weight excluding hydrogens is 398 g/mol. The van der Waals surface area contributed by atoms with Gasteiger partial charge >= 0.3 is 6.03 Å². The first kappa shape index (κ1) is 20.3. The van der Waals surface area contributed by atoms with Crippen LogP contribution in [0.4, 0.5) is 10.5 Å². The van der Waals surface area contributed by atoms with E-state index < -0.39 is 27.5 Å². The van der Waals surface area contributed by atoms with Crippen LogP contribution in [0.25, 0.3) is 0 Å². The Bertz CT molecular complexity index is 1110. The molecule has 152 valence electrons. The number of ketones is 1. The molecule has 1 atom stereocenters. The average molecular weight is 417 g/mol. The van der Waals surface area contributed by atoms with Crippen LogP contribution in [-0.4, -0.2) is 33.2 Å². The van der Waals surface area contributed by atoms with Crippen molar-refractivity contribution < 1.29 is 27.5 Å². The maximum Gasteiger partial charge on any atom is 0.322 e. The number of nitrogens with one attached hydrogen (secondary N) is 3. The number of anilines is 1. The van der Waals surface area contributed by atoms with E-state index in [4.69, 9.17) is 4.74 Å². The number of rotatable bonds is 6. The molecule has 2 aromatic rings. The molecule has 0 aliphatic carbocycles. The largest absolute Gasteiger partial charge is 0.496 e. The third kappa shape index (κ3) is 3.79. The standard InChI is InChI=1S/C19H19N3O6S/c1-11(23)12-4-6-13(7-5-12)22-29(26,27)14-8-9-16(28-3)15(10-14)19(2)17(24)20-18(25)21-19/h4-10,22H,1-3H3,(H2,20,21,24,25)/t19-/m1/s1. The molecule has 1 saturated heterocycles. The van der Waals surface area contributed by atoms with Crippen molar-refractivity contribution in [1.82, 2.24) is 10.6 Å². The average Bonchev–Trinajstić information content (AvgIpc) is 2.93. The lowest BCUT2D eigenvalue weighted by molar-refractivity contribution is -0.123. The summed E-state index contributed by atoms with van der Waals surface area (Å²) in [6.07, 6.45) is 0. The fraction of sp³-hybridized carbons (Fsp3) is 0.211. The Morgan fingerprint density at radius 2 is 1.76 bits per heavy atom. The zero-order valence-electron chi connectivity index (χ0n) is 15.9. The number of benzene rings is 2. The van der Waals surface area contributed by atoms with Gasteiger partial charge in [-0.05, 0) is 56.3 Å². The SMILES string of the molecule is COc1ccc(S(=O)(=O)Nc2ccc(C(C)=O)cc2)cc1[C@@]1(C)NC(=O)NC1=O. The summed E-state index contributed by atoms with van der Waals surface area (Å²) in [5.74, 6) is -0.512. The van der Waals surface area contributed by atoms with Crippen molar-refractivity contribution in [1.29, 1.82) is 0 Å². The molecule has 1 aliphatic rings. The zero-order chi connectivity index (χ0) is 21.4. The third-order valence-electron chi connectivity index (χ3n) is 4.61. The fourth-order valence-corrected chi connectivity index (χ4v) is 4.05. The van der Waals surface area contributed by atoms with Crippen molar-refractivity contribution in [3.8, 4) is 5.75 Å². The zero-order valence-corrected chi connectivity index (χ0v) is 16.7. The van der Waals surface area contributed by atoms with Gasteiger partial charge in [-0.3, -0.25) is 19.6 Å². The van der Waals surface area contributed by atoms with Gasteiger partial charge in [-0.1, -0.05) is 0 Å². The summed E-state index contributed by atoms with van der Waals surface area (Å²) in [6, 6.07) is 9.30. The van der Waals surface area contributed by atoms with Gasteiger partial charge in [0.25, 0.3) is 15.9 Å². The predicted octanol–water partition coefficient (Wildman–Crippen LogP) is 1.75. The van der Waals surface area contributed by atoms with E-state index in [1.807, 2.05) is 0 Å². The molecule has 3 amide bonds. The molecule has 1 heterocycles. The highest BCUT2D eigenvalue weighted by molar-refractivity contribution is 7.92. The van der Waals surface area contributed by atoms with Crippen LogP contribution in [0.3, 0.4) is 0 Å². The van der Waals surface area contributed by atoms with Gasteiger partial charge in [0, 0.05) is 16.8 Å². The molecule has 0 radical (unpaired) electrons. The van der Waals surface area contributed by atoms with Crippen LogP contribution in [0.1, 0.15) is 29.8 Å². The number of carbonyl (C=O) groups is 3. The Hall–Kier alpha value is -3.40. The number of methoxy groups -OCH3 is 1. The van der Waals surface area contributed by atoms with Crippen molar-refractivity contribution in [2.75, 3.05) is 11.8 Å². The molecule has 1 aliphatic heterocycles. The summed E-state index contributed by atoms with van der Waals surface area (Å²) in [7, 11) is -2.64. The van der Waals surface area contributed by atoms with Gasteiger partial charge in [0.1, 0.15) is 11.3 Å². The number of Topliss-reactive ketones (excluding diaryl/α,β-unsaturated/α-hetero) is 1. The summed E-state index contributed by atoms with van der Waals surface area (Å²) in [5, 5.41) is 4.62. The molecule has 9 nitrogen and oxygen atoms in total. The lowest BCUT2D eigenvalue weighted by atomic mass is 9.91. The molecule has 0 spiro atoms. The molecule has 10 heteroatoms. The summed E-state index contributed by atoms with van der Waals surface area (Å²) in [6.45, 7) is 2.87. The van der Waals surface area contributed by atoms with Gasteiger partial charge in [-0.15, -0.1) is 0 Å². The Morgan fingerprint density at radius 3 is 2.28 bits per heavy atom. The Morgan fingerprint density at radius 1 is 1.10 bits per heavy atom. The third-order valence-corrected chi connectivity index (χ3v) is 5.99. The van der Waals surface area contributed by atoms with Crippen LogP contribution in [0, 0.1) is 0 Å². The molecule has 0 bridgehead atoms. The number of carbonyl (C=O) groups excluding carboxylic acids is 3. The van der Waals surface area contributed by atoms with Crippen LogP contribution >= 0.6 is 0 Å². The Balaban J connectivity index is 1.99. The van der Waals surface area contributed by atoms with E-state index in [-0.39, 0.29) is 27.7 Å². The monoisotopic (exact) mass is 417 g/mol. The molecule has 0 unspecified atom stereocenters. The van der Waals surface area contributed by atoms with E-state index in [1.165, 1.54) is 63.4 Å². The van der Waals surface area contributed by atoms with Gasteiger partial charge in [-0.2, -0.15) is 0 Å². The van der Waals surface area contributed by atoms with Crippen molar-refractivity contribution in [2.24, 2.45) is 0 Å². The van der Waals surface area contributed by atoms with Gasteiger partial charge in [-0.25, -0.2) is 13.2 Å². The van der Waals surface area contributed by atoms with Gasteiger partial charge in [0.05, 0.1) is 12.0 Å². The van der Waals surface area contributed by atoms with Gasteiger partial charge in [0.15, 0.2) is 5.78 Å². The number of hydrogen-bond donors (Lipinski definition) is 3. The number of hydrogen-bond acceptors (Lipinski definition) is 6. The van der Waals surface area contributed by atoms with Crippen molar-refractivity contribution in [3.63, 3.8) is 0 Å². The van der Waals surface area contributed by atoms with E-state index in [1.54, 1.807) is 0 Å². The lowest BCUT2D eigenvalue weighted by Crippen LogP contribution is -2.41. The van der Waals surface area contributed by atoms with Crippen LogP contribution in [-0.2, 0) is 20.4 Å². The molecule has 0 saturated carbocycles. The molecule has 3 rings (SSSR count). The minimum atomic E-state index is -4.02. The molecule has 0 aromatic heterocycles. The van der Waals surface area contributed by atoms with E-state index >= 15 is 0 Å². The van der Waals surface area contributed by atoms with Crippen LogP contribution in [0.2, 0.25) is 0 Å². The summed E-state index contributed by atoms with van der Waals surface area (Å²) in [5.41, 5.74) is -0.573. The minimum Gasteiger partial charge on any atom is -0.496 e. The maximum absolute atomic E-state index is 12.8. The molecular formula is C19H19N3O6S. The quantitative estimate of drug-likeness (QED) is 0.485. The predicted molar refractivity (Wildman–Crippen MR) is 104 cm³/mol. The Labute approximate surface area is 167 Å². The highest BCUT2D eigenvalue weighted by atomic mass is 32.2. The second-order valence-corrected chi connectivity index (χ2v) is 8.32.